The van der Waals surface area contributed by atoms with Crippen molar-refractivity contribution in [1.29, 1.82) is 0 Å². The zero-order valence-corrected chi connectivity index (χ0v) is 9.57. The summed E-state index contributed by atoms with van der Waals surface area (Å²) in [5, 5.41) is 9.03. The van der Waals surface area contributed by atoms with Gasteiger partial charge in [-0.1, -0.05) is 31.9 Å². The number of aliphatic hydroxyl groups is 1. The smallest absolute Gasteiger partial charge is 0.194 e. The monoisotopic (exact) mass is 208 g/mol. The van der Waals surface area contributed by atoms with Crippen LogP contribution in [0.1, 0.15) is 38.7 Å². The first kappa shape index (κ1) is 12.1. The molecule has 1 unspecified atom stereocenters. The average Bonchev–Trinajstić information content (AvgIpc) is 2.20. The van der Waals surface area contributed by atoms with Gasteiger partial charge in [-0.2, -0.15) is 0 Å². The van der Waals surface area contributed by atoms with Gasteiger partial charge in [-0.25, -0.2) is 0 Å². The van der Waals surface area contributed by atoms with Gasteiger partial charge in [-0.15, -0.1) is 0 Å². The molecule has 2 nitrogen and oxygen atoms in total. The molecular formula is C13H20O2. The maximum absolute atomic E-state index is 9.03. The Morgan fingerprint density at radius 1 is 1.20 bits per heavy atom. The van der Waals surface area contributed by atoms with E-state index in [0.717, 1.165) is 12.2 Å². The SMILES string of the molecule is CCCCCc1ccc(OC(C)O)cc1. The van der Waals surface area contributed by atoms with Gasteiger partial charge in [0.25, 0.3) is 0 Å². The van der Waals surface area contributed by atoms with Gasteiger partial charge in [0.05, 0.1) is 0 Å². The number of hydrogen-bond donors (Lipinski definition) is 1. The summed E-state index contributed by atoms with van der Waals surface area (Å²) >= 11 is 0. The number of ether oxygens (including phenoxy) is 1. The Hall–Kier alpha value is -1.02. The topological polar surface area (TPSA) is 29.5 Å². The van der Waals surface area contributed by atoms with Gasteiger partial charge in [0, 0.05) is 0 Å². The van der Waals surface area contributed by atoms with Gasteiger partial charge in [0.2, 0.25) is 0 Å². The molecule has 0 fully saturated rings. The van der Waals surface area contributed by atoms with E-state index in [1.807, 2.05) is 12.1 Å². The molecule has 0 spiro atoms. The lowest BCUT2D eigenvalue weighted by atomic mass is 10.1. The van der Waals surface area contributed by atoms with Gasteiger partial charge < -0.3 is 9.84 Å². The van der Waals surface area contributed by atoms with Crippen LogP contribution in [-0.2, 0) is 6.42 Å². The number of aryl methyl sites for hydroxylation is 1. The quantitative estimate of drug-likeness (QED) is 0.575. The molecule has 0 aliphatic carbocycles. The molecule has 2 heteroatoms. The van der Waals surface area contributed by atoms with Gasteiger partial charge >= 0.3 is 0 Å². The van der Waals surface area contributed by atoms with Crippen LogP contribution in [-0.4, -0.2) is 11.4 Å². The van der Waals surface area contributed by atoms with E-state index in [2.05, 4.69) is 19.1 Å². The Balaban J connectivity index is 2.42. The molecule has 0 bridgehead atoms. The van der Waals surface area contributed by atoms with Gasteiger partial charge in [0.1, 0.15) is 5.75 Å². The summed E-state index contributed by atoms with van der Waals surface area (Å²) in [6.07, 6.45) is 4.17. The van der Waals surface area contributed by atoms with E-state index in [1.165, 1.54) is 24.8 Å². The Labute approximate surface area is 91.9 Å². The Morgan fingerprint density at radius 3 is 2.40 bits per heavy atom. The second-order valence-electron chi connectivity index (χ2n) is 3.82. The fourth-order valence-electron chi connectivity index (χ4n) is 1.51. The standard InChI is InChI=1S/C13H20O2/c1-3-4-5-6-12-7-9-13(10-8-12)15-11(2)14/h7-11,14H,3-6H2,1-2H3. The normalized spacial score (nSPS) is 12.5. The highest BCUT2D eigenvalue weighted by Crippen LogP contribution is 2.15. The van der Waals surface area contributed by atoms with Crippen LogP contribution in [0.25, 0.3) is 0 Å². The first-order chi connectivity index (χ1) is 7.22. The van der Waals surface area contributed by atoms with Crippen LogP contribution < -0.4 is 4.74 Å². The Kier molecular flexibility index (Phi) is 5.19. The molecule has 1 aromatic rings. The lowest BCUT2D eigenvalue weighted by molar-refractivity contribution is -0.000302. The van der Waals surface area contributed by atoms with Crippen molar-refractivity contribution in [3.8, 4) is 5.75 Å². The van der Waals surface area contributed by atoms with Crippen LogP contribution in [0.4, 0.5) is 0 Å². The third kappa shape index (κ3) is 4.84. The molecule has 0 heterocycles. The van der Waals surface area contributed by atoms with Crippen molar-refractivity contribution < 1.29 is 9.84 Å². The molecule has 0 saturated heterocycles. The first-order valence-corrected chi connectivity index (χ1v) is 5.66. The van der Waals surface area contributed by atoms with Crippen LogP contribution >= 0.6 is 0 Å². The minimum Gasteiger partial charge on any atom is -0.465 e. The number of hydrogen-bond acceptors (Lipinski definition) is 2. The average molecular weight is 208 g/mol. The van der Waals surface area contributed by atoms with E-state index >= 15 is 0 Å². The number of unbranched alkanes of at least 4 members (excludes halogenated alkanes) is 2. The molecule has 1 rings (SSSR count). The minimum absolute atomic E-state index is 0.726. The molecule has 1 N–H and O–H groups in total. The molecule has 0 aliphatic rings. The number of benzene rings is 1. The molecule has 84 valence electrons. The molecule has 0 amide bonds. The van der Waals surface area contributed by atoms with Crippen LogP contribution in [0.15, 0.2) is 24.3 Å². The van der Waals surface area contributed by atoms with Gasteiger partial charge in [-0.3, -0.25) is 0 Å². The van der Waals surface area contributed by atoms with Gasteiger partial charge in [0.15, 0.2) is 6.29 Å². The lowest BCUT2D eigenvalue weighted by Crippen LogP contribution is -2.09. The van der Waals surface area contributed by atoms with Crippen molar-refractivity contribution >= 4 is 0 Å². The van der Waals surface area contributed by atoms with E-state index < -0.39 is 6.29 Å². The number of rotatable bonds is 6. The third-order valence-corrected chi connectivity index (χ3v) is 2.30. The molecule has 1 atom stereocenters. The second-order valence-corrected chi connectivity index (χ2v) is 3.82. The fourth-order valence-corrected chi connectivity index (χ4v) is 1.51. The van der Waals surface area contributed by atoms with Crippen LogP contribution in [0.3, 0.4) is 0 Å². The summed E-state index contributed by atoms with van der Waals surface area (Å²) in [4.78, 5) is 0. The van der Waals surface area contributed by atoms with Crippen molar-refractivity contribution in [2.24, 2.45) is 0 Å². The Morgan fingerprint density at radius 2 is 1.87 bits per heavy atom. The predicted molar refractivity (Wildman–Crippen MR) is 62.0 cm³/mol. The van der Waals surface area contributed by atoms with Crippen molar-refractivity contribution in [3.63, 3.8) is 0 Å². The zero-order valence-electron chi connectivity index (χ0n) is 9.57. The lowest BCUT2D eigenvalue weighted by Gasteiger charge is -2.09. The maximum atomic E-state index is 9.03. The highest BCUT2D eigenvalue weighted by Gasteiger charge is 1.98. The molecule has 1 aromatic carbocycles. The minimum atomic E-state index is -0.740. The summed E-state index contributed by atoms with van der Waals surface area (Å²) in [6.45, 7) is 3.81. The largest absolute Gasteiger partial charge is 0.465 e. The van der Waals surface area contributed by atoms with Crippen LogP contribution in [0.5, 0.6) is 5.75 Å². The van der Waals surface area contributed by atoms with E-state index in [0.29, 0.717) is 0 Å². The molecular weight excluding hydrogens is 188 g/mol. The van der Waals surface area contributed by atoms with Crippen molar-refractivity contribution in [3.05, 3.63) is 29.8 Å². The van der Waals surface area contributed by atoms with Crippen molar-refractivity contribution in [2.45, 2.75) is 45.8 Å². The second kappa shape index (κ2) is 6.46. The van der Waals surface area contributed by atoms with E-state index in [-0.39, 0.29) is 0 Å². The summed E-state index contributed by atoms with van der Waals surface area (Å²) in [6, 6.07) is 7.95. The number of aliphatic hydroxyl groups excluding tert-OH is 1. The zero-order chi connectivity index (χ0) is 11.1. The van der Waals surface area contributed by atoms with E-state index in [4.69, 9.17) is 9.84 Å². The highest BCUT2D eigenvalue weighted by molar-refractivity contribution is 5.27. The molecule has 0 saturated carbocycles. The summed E-state index contributed by atoms with van der Waals surface area (Å²) in [7, 11) is 0. The molecule has 0 aliphatic heterocycles. The summed E-state index contributed by atoms with van der Waals surface area (Å²) in [5.41, 5.74) is 1.33. The molecule has 0 aromatic heterocycles. The van der Waals surface area contributed by atoms with Crippen molar-refractivity contribution in [2.75, 3.05) is 0 Å². The molecule has 15 heavy (non-hydrogen) atoms. The highest BCUT2D eigenvalue weighted by atomic mass is 16.6. The first-order valence-electron chi connectivity index (χ1n) is 5.66. The van der Waals surface area contributed by atoms with E-state index in [1.54, 1.807) is 6.92 Å². The van der Waals surface area contributed by atoms with Gasteiger partial charge in [-0.05, 0) is 37.5 Å². The van der Waals surface area contributed by atoms with Crippen LogP contribution in [0.2, 0.25) is 0 Å². The van der Waals surface area contributed by atoms with Crippen molar-refractivity contribution in [1.82, 2.24) is 0 Å². The van der Waals surface area contributed by atoms with Crippen LogP contribution in [0, 0.1) is 0 Å². The molecule has 0 radical (unpaired) electrons. The predicted octanol–water partition coefficient (Wildman–Crippen LogP) is 3.14. The summed E-state index contributed by atoms with van der Waals surface area (Å²) in [5.74, 6) is 0.726. The third-order valence-electron chi connectivity index (χ3n) is 2.30. The van der Waals surface area contributed by atoms with E-state index in [9.17, 15) is 0 Å². The summed E-state index contributed by atoms with van der Waals surface area (Å²) < 4.78 is 5.15. The Bertz CT molecular complexity index is 264. The maximum Gasteiger partial charge on any atom is 0.194 e. The fraction of sp³-hybridized carbons (Fsp3) is 0.538.